The first kappa shape index (κ1) is 13.6. The van der Waals surface area contributed by atoms with Gasteiger partial charge >= 0.3 is 5.97 Å². The van der Waals surface area contributed by atoms with Crippen molar-refractivity contribution in [3.8, 4) is 0 Å². The molecule has 1 unspecified atom stereocenters. The number of carbonyl (C=O) groups is 2. The highest BCUT2D eigenvalue weighted by molar-refractivity contribution is 7.09. The van der Waals surface area contributed by atoms with E-state index in [2.05, 4.69) is 15.6 Å². The minimum atomic E-state index is -1.05. The molecule has 0 saturated heterocycles. The van der Waals surface area contributed by atoms with Gasteiger partial charge in [0.25, 0.3) is 0 Å². The Hall–Kier alpha value is -1.47. The topological polar surface area (TPSA) is 91.3 Å². The first-order chi connectivity index (χ1) is 7.99. The summed E-state index contributed by atoms with van der Waals surface area (Å²) in [5.41, 5.74) is 0.875. The molecule has 1 atom stereocenters. The van der Waals surface area contributed by atoms with E-state index in [-0.39, 0.29) is 12.5 Å². The molecule has 0 radical (unpaired) electrons. The van der Waals surface area contributed by atoms with E-state index in [4.69, 9.17) is 5.11 Å². The van der Waals surface area contributed by atoms with Crippen LogP contribution in [0.3, 0.4) is 0 Å². The number of aliphatic carboxylic acids is 1. The van der Waals surface area contributed by atoms with Crippen molar-refractivity contribution in [1.29, 1.82) is 0 Å². The number of hydrogen-bond acceptors (Lipinski definition) is 5. The number of hydrogen-bond donors (Lipinski definition) is 3. The summed E-state index contributed by atoms with van der Waals surface area (Å²) in [5, 5.41) is 17.0. The second-order valence-corrected chi connectivity index (χ2v) is 4.64. The normalized spacial score (nSPS) is 12.1. The molecule has 17 heavy (non-hydrogen) atoms. The third kappa shape index (κ3) is 4.92. The molecule has 1 amide bonds. The van der Waals surface area contributed by atoms with Crippen LogP contribution >= 0.6 is 11.3 Å². The van der Waals surface area contributed by atoms with Crippen LogP contribution in [-0.4, -0.2) is 34.6 Å². The molecule has 0 aliphatic rings. The largest absolute Gasteiger partial charge is 0.480 e. The molecular formula is C10H15N3O3S. The number of thiazole rings is 1. The van der Waals surface area contributed by atoms with Crippen molar-refractivity contribution in [3.05, 3.63) is 16.1 Å². The zero-order valence-corrected chi connectivity index (χ0v) is 10.5. The van der Waals surface area contributed by atoms with Gasteiger partial charge in [0.15, 0.2) is 0 Å². The summed E-state index contributed by atoms with van der Waals surface area (Å²) in [7, 11) is 0. The molecule has 0 bridgehead atoms. The molecule has 0 spiro atoms. The second-order valence-electron chi connectivity index (χ2n) is 3.58. The Labute approximate surface area is 103 Å². The standard InChI is InChI=1S/C10H15N3O3S/c1-6(14)12-9(10(15)16)4-11-3-8-5-17-7(2)13-8/h5,9,11H,3-4H2,1-2H3,(H,12,14)(H,15,16). The Balaban J connectivity index is 2.37. The maximum absolute atomic E-state index is 10.8. The SMILES string of the molecule is CC(=O)NC(CNCc1csc(C)n1)C(=O)O. The van der Waals surface area contributed by atoms with Crippen LogP contribution in [0.15, 0.2) is 5.38 Å². The third-order valence-corrected chi connectivity index (χ3v) is 2.82. The minimum absolute atomic E-state index is 0.172. The van der Waals surface area contributed by atoms with Crippen LogP contribution in [0, 0.1) is 6.92 Å². The van der Waals surface area contributed by atoms with Gasteiger partial charge in [-0.25, -0.2) is 9.78 Å². The number of carboxylic acids is 1. The molecule has 1 rings (SSSR count). The number of rotatable bonds is 6. The van der Waals surface area contributed by atoms with Crippen LogP contribution in [0.4, 0.5) is 0 Å². The Bertz CT molecular complexity index is 405. The van der Waals surface area contributed by atoms with Gasteiger partial charge in [0.05, 0.1) is 10.7 Å². The smallest absolute Gasteiger partial charge is 0.327 e. The summed E-state index contributed by atoms with van der Waals surface area (Å²) in [6.45, 7) is 3.87. The maximum atomic E-state index is 10.8. The summed E-state index contributed by atoms with van der Waals surface area (Å²) in [4.78, 5) is 25.8. The Morgan fingerprint density at radius 1 is 1.59 bits per heavy atom. The third-order valence-electron chi connectivity index (χ3n) is 2.00. The Morgan fingerprint density at radius 2 is 2.29 bits per heavy atom. The van der Waals surface area contributed by atoms with E-state index in [0.29, 0.717) is 6.54 Å². The van der Waals surface area contributed by atoms with Crippen molar-refractivity contribution in [2.75, 3.05) is 6.54 Å². The average molecular weight is 257 g/mol. The molecule has 1 aromatic rings. The van der Waals surface area contributed by atoms with E-state index < -0.39 is 12.0 Å². The summed E-state index contributed by atoms with van der Waals surface area (Å²) < 4.78 is 0. The lowest BCUT2D eigenvalue weighted by atomic mass is 10.3. The highest BCUT2D eigenvalue weighted by atomic mass is 32.1. The monoisotopic (exact) mass is 257 g/mol. The van der Waals surface area contributed by atoms with E-state index in [1.165, 1.54) is 6.92 Å². The van der Waals surface area contributed by atoms with Gasteiger partial charge in [0.1, 0.15) is 6.04 Å². The van der Waals surface area contributed by atoms with Crippen LogP contribution in [0.2, 0.25) is 0 Å². The van der Waals surface area contributed by atoms with Gasteiger partial charge in [-0.2, -0.15) is 0 Å². The molecular weight excluding hydrogens is 242 g/mol. The molecule has 1 heterocycles. The molecule has 6 nitrogen and oxygen atoms in total. The lowest BCUT2D eigenvalue weighted by Crippen LogP contribution is -2.46. The van der Waals surface area contributed by atoms with Crippen molar-refractivity contribution in [2.24, 2.45) is 0 Å². The van der Waals surface area contributed by atoms with Crippen LogP contribution in [0.1, 0.15) is 17.6 Å². The van der Waals surface area contributed by atoms with Crippen molar-refractivity contribution in [2.45, 2.75) is 26.4 Å². The minimum Gasteiger partial charge on any atom is -0.480 e. The van der Waals surface area contributed by atoms with Gasteiger partial charge in [0, 0.05) is 25.4 Å². The fourth-order valence-electron chi connectivity index (χ4n) is 1.28. The van der Waals surface area contributed by atoms with Gasteiger partial charge < -0.3 is 15.7 Å². The van der Waals surface area contributed by atoms with Crippen molar-refractivity contribution in [3.63, 3.8) is 0 Å². The van der Waals surface area contributed by atoms with Crippen LogP contribution in [-0.2, 0) is 16.1 Å². The molecule has 0 aromatic carbocycles. The summed E-state index contributed by atoms with van der Waals surface area (Å²) in [6.07, 6.45) is 0. The van der Waals surface area contributed by atoms with Crippen LogP contribution < -0.4 is 10.6 Å². The maximum Gasteiger partial charge on any atom is 0.327 e. The molecule has 0 aliphatic carbocycles. The van der Waals surface area contributed by atoms with Crippen LogP contribution in [0.25, 0.3) is 0 Å². The fraction of sp³-hybridized carbons (Fsp3) is 0.500. The zero-order chi connectivity index (χ0) is 12.8. The first-order valence-corrected chi connectivity index (χ1v) is 5.98. The van der Waals surface area contributed by atoms with E-state index >= 15 is 0 Å². The second kappa shape index (κ2) is 6.31. The fourth-order valence-corrected chi connectivity index (χ4v) is 1.89. The molecule has 94 valence electrons. The Kier molecular flexibility index (Phi) is 5.05. The highest BCUT2D eigenvalue weighted by Crippen LogP contribution is 2.07. The molecule has 0 saturated carbocycles. The van der Waals surface area contributed by atoms with Gasteiger partial charge in [-0.1, -0.05) is 0 Å². The lowest BCUT2D eigenvalue weighted by molar-refractivity contribution is -0.141. The molecule has 3 N–H and O–H groups in total. The molecule has 1 aromatic heterocycles. The number of carbonyl (C=O) groups excluding carboxylic acids is 1. The summed E-state index contributed by atoms with van der Waals surface area (Å²) in [5.74, 6) is -1.41. The predicted octanol–water partition coefficient (Wildman–Crippen LogP) is 0.130. The number of aromatic nitrogens is 1. The van der Waals surface area contributed by atoms with Gasteiger partial charge in [-0.15, -0.1) is 11.3 Å². The van der Waals surface area contributed by atoms with E-state index in [0.717, 1.165) is 10.7 Å². The first-order valence-electron chi connectivity index (χ1n) is 5.10. The van der Waals surface area contributed by atoms with E-state index in [9.17, 15) is 9.59 Å². The average Bonchev–Trinajstić information content (AvgIpc) is 2.62. The van der Waals surface area contributed by atoms with Crippen molar-refractivity contribution < 1.29 is 14.7 Å². The predicted molar refractivity (Wildman–Crippen MR) is 63.8 cm³/mol. The van der Waals surface area contributed by atoms with Gasteiger partial charge in [-0.3, -0.25) is 4.79 Å². The quantitative estimate of drug-likeness (QED) is 0.674. The van der Waals surface area contributed by atoms with Gasteiger partial charge in [0.2, 0.25) is 5.91 Å². The lowest BCUT2D eigenvalue weighted by Gasteiger charge is -2.13. The molecule has 0 fully saturated rings. The summed E-state index contributed by atoms with van der Waals surface area (Å²) in [6, 6.07) is -0.910. The van der Waals surface area contributed by atoms with Crippen LogP contribution in [0.5, 0.6) is 0 Å². The Morgan fingerprint density at radius 3 is 2.76 bits per heavy atom. The van der Waals surface area contributed by atoms with Crippen molar-refractivity contribution in [1.82, 2.24) is 15.6 Å². The molecule has 7 heteroatoms. The highest BCUT2D eigenvalue weighted by Gasteiger charge is 2.17. The number of nitrogens with one attached hydrogen (secondary N) is 2. The van der Waals surface area contributed by atoms with E-state index in [1.807, 2.05) is 12.3 Å². The summed E-state index contributed by atoms with van der Waals surface area (Å²) >= 11 is 1.54. The zero-order valence-electron chi connectivity index (χ0n) is 9.69. The van der Waals surface area contributed by atoms with Gasteiger partial charge in [-0.05, 0) is 6.92 Å². The number of aryl methyl sites for hydroxylation is 1. The number of carboxylic acid groups (broad SMARTS) is 1. The number of amides is 1. The van der Waals surface area contributed by atoms with E-state index in [1.54, 1.807) is 11.3 Å². The number of nitrogens with zero attached hydrogens (tertiary/aromatic N) is 1. The van der Waals surface area contributed by atoms with Crippen molar-refractivity contribution >= 4 is 23.2 Å². The molecule has 0 aliphatic heterocycles.